The molecule has 0 amide bonds. The molecule has 0 atom stereocenters. The molecule has 0 aromatic rings. The molecule has 96 valence electrons. The molecular formula is C12H20NO4+. The number of hydrogen-bond donors (Lipinski definition) is 1. The molecule has 0 aromatic carbocycles. The minimum atomic E-state index is -0.138. The number of esters is 1. The molecule has 0 radical (unpaired) electrons. The van der Waals surface area contributed by atoms with Crippen molar-refractivity contribution in [2.75, 3.05) is 32.8 Å². The highest BCUT2D eigenvalue weighted by Crippen LogP contribution is 2.17. The van der Waals surface area contributed by atoms with Gasteiger partial charge in [-0.3, -0.25) is 4.79 Å². The summed E-state index contributed by atoms with van der Waals surface area (Å²) in [7, 11) is 0. The predicted octanol–water partition coefficient (Wildman–Crippen LogP) is -1.04. The van der Waals surface area contributed by atoms with Gasteiger partial charge in [0.1, 0.15) is 25.0 Å². The first-order chi connectivity index (χ1) is 8.24. The lowest BCUT2D eigenvalue weighted by molar-refractivity contribution is -0.900. The van der Waals surface area contributed by atoms with Crippen LogP contribution in [0.1, 0.15) is 25.7 Å². The van der Waals surface area contributed by atoms with Gasteiger partial charge in [0.25, 0.3) is 0 Å². The molecule has 17 heavy (non-hydrogen) atoms. The number of rotatable bonds is 3. The second-order valence-corrected chi connectivity index (χ2v) is 4.77. The minimum Gasteiger partial charge on any atom is -0.458 e. The summed E-state index contributed by atoms with van der Waals surface area (Å²) in [5.41, 5.74) is 0. The van der Waals surface area contributed by atoms with E-state index < -0.39 is 0 Å². The van der Waals surface area contributed by atoms with Crippen LogP contribution in [-0.2, 0) is 19.1 Å². The van der Waals surface area contributed by atoms with Gasteiger partial charge in [-0.2, -0.15) is 0 Å². The van der Waals surface area contributed by atoms with Gasteiger partial charge >= 0.3 is 5.97 Å². The first-order valence-corrected chi connectivity index (χ1v) is 6.36. The van der Waals surface area contributed by atoms with Gasteiger partial charge in [0.15, 0.2) is 6.54 Å². The van der Waals surface area contributed by atoms with Crippen molar-refractivity contribution in [1.29, 1.82) is 0 Å². The molecule has 1 aliphatic carbocycles. The molecule has 1 saturated carbocycles. The highest BCUT2D eigenvalue weighted by Gasteiger charge is 2.24. The molecule has 2 rings (SSSR count). The molecule has 0 spiro atoms. The Balaban J connectivity index is 1.67. The summed E-state index contributed by atoms with van der Waals surface area (Å²) in [5, 5.41) is 0. The summed E-state index contributed by atoms with van der Waals surface area (Å²) in [6.07, 6.45) is 2.47. The maximum absolute atomic E-state index is 11.7. The van der Waals surface area contributed by atoms with Crippen LogP contribution in [0.5, 0.6) is 0 Å². The van der Waals surface area contributed by atoms with Crippen LogP contribution in [0.4, 0.5) is 0 Å². The Kier molecular flexibility index (Phi) is 4.50. The van der Waals surface area contributed by atoms with Gasteiger partial charge < -0.3 is 14.4 Å². The molecule has 1 heterocycles. The highest BCUT2D eigenvalue weighted by molar-refractivity contribution is 5.79. The Bertz CT molecular complexity index is 276. The van der Waals surface area contributed by atoms with Crippen molar-refractivity contribution in [3.8, 4) is 0 Å². The van der Waals surface area contributed by atoms with Gasteiger partial charge in [-0.25, -0.2) is 4.79 Å². The number of hydrogen-bond acceptors (Lipinski definition) is 4. The Morgan fingerprint density at radius 3 is 2.59 bits per heavy atom. The summed E-state index contributed by atoms with van der Waals surface area (Å²) in [5.74, 6) is 0.150. The largest absolute Gasteiger partial charge is 0.458 e. The van der Waals surface area contributed by atoms with Crippen LogP contribution in [0.3, 0.4) is 0 Å². The zero-order chi connectivity index (χ0) is 12.1. The Morgan fingerprint density at radius 1 is 1.29 bits per heavy atom. The summed E-state index contributed by atoms with van der Waals surface area (Å²) in [6, 6.07) is 0. The van der Waals surface area contributed by atoms with Crippen LogP contribution in [0.2, 0.25) is 0 Å². The summed E-state index contributed by atoms with van der Waals surface area (Å²) >= 11 is 0. The molecule has 2 fully saturated rings. The number of nitrogens with one attached hydrogen (secondary N) is 1. The summed E-state index contributed by atoms with van der Waals surface area (Å²) in [6.45, 7) is 3.62. The molecule has 5 nitrogen and oxygen atoms in total. The van der Waals surface area contributed by atoms with Gasteiger partial charge in [-0.1, -0.05) is 0 Å². The van der Waals surface area contributed by atoms with Crippen molar-refractivity contribution in [3.05, 3.63) is 0 Å². The Morgan fingerprint density at radius 2 is 1.94 bits per heavy atom. The minimum absolute atomic E-state index is 0.0411. The lowest BCUT2D eigenvalue weighted by Gasteiger charge is -2.25. The van der Waals surface area contributed by atoms with Gasteiger partial charge in [0.2, 0.25) is 0 Å². The standard InChI is InChI=1S/C12H19NO4/c14-10-1-3-11(4-2-10)17-12(15)9-13-5-7-16-8-6-13/h11H,1-9H2/p+1. The summed E-state index contributed by atoms with van der Waals surface area (Å²) < 4.78 is 10.6. The normalized spacial score (nSPS) is 23.6. The predicted molar refractivity (Wildman–Crippen MR) is 59.7 cm³/mol. The average Bonchev–Trinajstić information content (AvgIpc) is 2.33. The second kappa shape index (κ2) is 6.12. The molecule has 2 aliphatic rings. The molecule has 0 unspecified atom stereocenters. The Labute approximate surface area is 101 Å². The fourth-order valence-corrected chi connectivity index (χ4v) is 2.30. The van der Waals surface area contributed by atoms with Crippen LogP contribution in [-0.4, -0.2) is 50.7 Å². The third-order valence-corrected chi connectivity index (χ3v) is 3.38. The zero-order valence-corrected chi connectivity index (χ0v) is 10.1. The first-order valence-electron chi connectivity index (χ1n) is 6.36. The monoisotopic (exact) mass is 242 g/mol. The van der Waals surface area contributed by atoms with E-state index >= 15 is 0 Å². The SMILES string of the molecule is O=C1CCC(OC(=O)C[NH+]2CCOCC2)CC1. The molecule has 1 saturated heterocycles. The van der Waals surface area contributed by atoms with E-state index in [2.05, 4.69) is 0 Å². The maximum atomic E-state index is 11.7. The van der Waals surface area contributed by atoms with Gasteiger partial charge in [-0.15, -0.1) is 0 Å². The number of quaternary nitrogens is 1. The van der Waals surface area contributed by atoms with E-state index in [4.69, 9.17) is 9.47 Å². The molecule has 0 bridgehead atoms. The average molecular weight is 242 g/mol. The number of ether oxygens (including phenoxy) is 2. The first kappa shape index (κ1) is 12.5. The smallest absolute Gasteiger partial charge is 0.361 e. The lowest BCUT2D eigenvalue weighted by Crippen LogP contribution is -3.15. The topological polar surface area (TPSA) is 57.0 Å². The second-order valence-electron chi connectivity index (χ2n) is 4.77. The fraction of sp³-hybridized carbons (Fsp3) is 0.833. The highest BCUT2D eigenvalue weighted by atomic mass is 16.5. The number of morpholine rings is 1. The van der Waals surface area contributed by atoms with Crippen LogP contribution in [0, 0.1) is 0 Å². The zero-order valence-electron chi connectivity index (χ0n) is 10.1. The van der Waals surface area contributed by atoms with E-state index in [1.54, 1.807) is 0 Å². The number of Topliss-reactive ketones (excluding diaryl/α,β-unsaturated/α-hetero) is 1. The van der Waals surface area contributed by atoms with E-state index in [0.717, 1.165) is 26.3 Å². The van der Waals surface area contributed by atoms with Crippen molar-refractivity contribution in [2.24, 2.45) is 0 Å². The quantitative estimate of drug-likeness (QED) is 0.642. The van der Waals surface area contributed by atoms with Crippen molar-refractivity contribution in [2.45, 2.75) is 31.8 Å². The number of carbonyl (C=O) groups excluding carboxylic acids is 2. The van der Waals surface area contributed by atoms with Crippen LogP contribution in [0.25, 0.3) is 0 Å². The maximum Gasteiger partial charge on any atom is 0.361 e. The van der Waals surface area contributed by atoms with Crippen molar-refractivity contribution >= 4 is 11.8 Å². The van der Waals surface area contributed by atoms with Crippen molar-refractivity contribution in [1.82, 2.24) is 0 Å². The molecule has 5 heteroatoms. The van der Waals surface area contributed by atoms with E-state index in [0.29, 0.717) is 32.2 Å². The van der Waals surface area contributed by atoms with Crippen LogP contribution < -0.4 is 4.90 Å². The van der Waals surface area contributed by atoms with Gasteiger partial charge in [-0.05, 0) is 12.8 Å². The van der Waals surface area contributed by atoms with Gasteiger partial charge in [0, 0.05) is 12.8 Å². The molecule has 1 aliphatic heterocycles. The van der Waals surface area contributed by atoms with Crippen molar-refractivity contribution in [3.63, 3.8) is 0 Å². The van der Waals surface area contributed by atoms with Gasteiger partial charge in [0.05, 0.1) is 13.2 Å². The van der Waals surface area contributed by atoms with E-state index in [-0.39, 0.29) is 17.9 Å². The van der Waals surface area contributed by atoms with E-state index in [9.17, 15) is 9.59 Å². The third-order valence-electron chi connectivity index (χ3n) is 3.38. The van der Waals surface area contributed by atoms with Crippen LogP contribution in [0.15, 0.2) is 0 Å². The lowest BCUT2D eigenvalue weighted by atomic mass is 9.96. The van der Waals surface area contributed by atoms with Crippen molar-refractivity contribution < 1.29 is 24.0 Å². The number of carbonyl (C=O) groups is 2. The van der Waals surface area contributed by atoms with Crippen LogP contribution >= 0.6 is 0 Å². The Hall–Kier alpha value is -0.940. The van der Waals surface area contributed by atoms with E-state index in [1.165, 1.54) is 4.90 Å². The number of ketones is 1. The fourth-order valence-electron chi connectivity index (χ4n) is 2.30. The molecular weight excluding hydrogens is 222 g/mol. The molecule has 0 aromatic heterocycles. The van der Waals surface area contributed by atoms with E-state index in [1.807, 2.05) is 0 Å². The third kappa shape index (κ3) is 4.09. The summed E-state index contributed by atoms with van der Waals surface area (Å²) in [4.78, 5) is 24.0. The molecule has 1 N–H and O–H groups in total.